The molecule has 1 aliphatic carbocycles. The van der Waals surface area contributed by atoms with Gasteiger partial charge in [-0.15, -0.1) is 0 Å². The van der Waals surface area contributed by atoms with Crippen molar-refractivity contribution in [1.82, 2.24) is 20.4 Å². The normalized spacial score (nSPS) is 24.6. The van der Waals surface area contributed by atoms with Gasteiger partial charge in [-0.3, -0.25) is 4.90 Å². The fourth-order valence-electron chi connectivity index (χ4n) is 6.54. The van der Waals surface area contributed by atoms with Crippen LogP contribution in [-0.2, 0) is 14.3 Å². The highest BCUT2D eigenvalue weighted by Gasteiger charge is 2.44. The lowest BCUT2D eigenvalue weighted by molar-refractivity contribution is -0.137. The van der Waals surface area contributed by atoms with Crippen molar-refractivity contribution in [3.63, 3.8) is 0 Å². The van der Waals surface area contributed by atoms with Gasteiger partial charge in [-0.05, 0) is 67.3 Å². The van der Waals surface area contributed by atoms with Crippen molar-refractivity contribution in [2.24, 2.45) is 0 Å². The summed E-state index contributed by atoms with van der Waals surface area (Å²) in [5.41, 5.74) is 0.938. The lowest BCUT2D eigenvalue weighted by Crippen LogP contribution is -2.56. The number of phenolic OH excluding ortho intramolecular Hbond substituents is 1. The third-order valence-corrected chi connectivity index (χ3v) is 8.64. The summed E-state index contributed by atoms with van der Waals surface area (Å²) in [6, 6.07) is 7.47. The first kappa shape index (κ1) is 30.4. The molecular formula is C31H36F2N4O6. The van der Waals surface area contributed by atoms with Crippen LogP contribution in [0.25, 0.3) is 0 Å². The number of esters is 1. The maximum atomic E-state index is 14.3. The summed E-state index contributed by atoms with van der Waals surface area (Å²) in [7, 11) is 2.51. The number of amides is 4. The molecule has 12 heteroatoms. The van der Waals surface area contributed by atoms with Crippen LogP contribution in [0, 0.1) is 11.6 Å². The molecule has 2 aliphatic heterocycles. The molecule has 3 aliphatic rings. The summed E-state index contributed by atoms with van der Waals surface area (Å²) in [5.74, 6) is -2.52. The van der Waals surface area contributed by atoms with Crippen LogP contribution in [0.1, 0.15) is 55.2 Å². The molecule has 2 atom stereocenters. The predicted octanol–water partition coefficient (Wildman–Crippen LogP) is 4.32. The van der Waals surface area contributed by atoms with E-state index in [1.807, 2.05) is 18.2 Å². The molecule has 2 aromatic rings. The zero-order valence-electron chi connectivity index (χ0n) is 24.1. The van der Waals surface area contributed by atoms with Crippen molar-refractivity contribution in [3.8, 4) is 5.75 Å². The van der Waals surface area contributed by atoms with Crippen molar-refractivity contribution in [2.45, 2.75) is 56.1 Å². The Morgan fingerprint density at radius 2 is 1.79 bits per heavy atom. The number of aromatic hydroxyl groups is 1. The van der Waals surface area contributed by atoms with Gasteiger partial charge >= 0.3 is 18.0 Å². The Balaban J connectivity index is 1.31. The Morgan fingerprint density at radius 1 is 1.05 bits per heavy atom. The molecule has 0 spiro atoms. The van der Waals surface area contributed by atoms with Crippen molar-refractivity contribution >= 4 is 18.0 Å². The van der Waals surface area contributed by atoms with Crippen LogP contribution < -0.4 is 10.6 Å². The molecule has 2 heterocycles. The number of likely N-dealkylation sites (tertiary alicyclic amines) is 1. The van der Waals surface area contributed by atoms with E-state index in [4.69, 9.17) is 9.47 Å². The molecule has 3 N–H and O–H groups in total. The molecule has 0 bridgehead atoms. The smallest absolute Gasteiger partial charge is 0.338 e. The average molecular weight is 599 g/mol. The second-order valence-electron chi connectivity index (χ2n) is 11.2. The van der Waals surface area contributed by atoms with E-state index < -0.39 is 35.7 Å². The Kier molecular flexibility index (Phi) is 9.26. The van der Waals surface area contributed by atoms with E-state index in [9.17, 15) is 28.3 Å². The number of nitrogens with zero attached hydrogens (tertiary/aromatic N) is 2. The molecule has 43 heavy (non-hydrogen) atoms. The fraction of sp³-hybridized carbons (Fsp3) is 0.452. The second-order valence-corrected chi connectivity index (χ2v) is 11.2. The number of imide groups is 1. The van der Waals surface area contributed by atoms with Gasteiger partial charge in [0.05, 0.1) is 25.0 Å². The zero-order valence-corrected chi connectivity index (χ0v) is 24.1. The van der Waals surface area contributed by atoms with Crippen molar-refractivity contribution in [2.75, 3.05) is 33.9 Å². The summed E-state index contributed by atoms with van der Waals surface area (Å²) in [6.07, 6.45) is 4.48. The lowest BCUT2D eigenvalue weighted by atomic mass is 9.81. The van der Waals surface area contributed by atoms with E-state index in [0.29, 0.717) is 30.7 Å². The van der Waals surface area contributed by atoms with Crippen molar-refractivity contribution in [3.05, 3.63) is 76.5 Å². The average Bonchev–Trinajstić information content (AvgIpc) is 3.46. The molecule has 10 nitrogen and oxygen atoms in total. The summed E-state index contributed by atoms with van der Waals surface area (Å²) >= 11 is 0. The molecule has 2 unspecified atom stereocenters. The summed E-state index contributed by atoms with van der Waals surface area (Å²) in [6.45, 7) is 1.16. The van der Waals surface area contributed by atoms with Crippen LogP contribution in [-0.4, -0.2) is 78.9 Å². The van der Waals surface area contributed by atoms with Crippen LogP contribution in [0.3, 0.4) is 0 Å². The summed E-state index contributed by atoms with van der Waals surface area (Å²) in [5, 5.41) is 15.7. The highest BCUT2D eigenvalue weighted by Crippen LogP contribution is 2.39. The Hall–Kier alpha value is -4.03. The SMILES string of the molecule is COCC1=C(C(=O)OC)C(c2ccc(F)c(F)c2)N(C(=O)NC2CCN(C3CCC(c4ccccc4O)CC3)C2)C(=O)N1. The standard InChI is InChI=1S/C31H36F2N4O6/c1-42-17-25-27(29(39)43-2)28(19-9-12-23(32)24(33)15-19)37(31(41)35-25)30(40)34-20-13-14-36(16-20)21-10-7-18(8-11-21)22-5-3-4-6-26(22)38/h3-6,9,12,15,18,20-21,28,38H,7-8,10-11,13-14,16-17H2,1-2H3,(H,34,40)(H,35,41). The van der Waals surface area contributed by atoms with Gasteiger partial charge in [0, 0.05) is 32.3 Å². The highest BCUT2D eigenvalue weighted by atomic mass is 19.2. The molecule has 2 aromatic carbocycles. The Morgan fingerprint density at radius 3 is 2.47 bits per heavy atom. The number of benzene rings is 2. The van der Waals surface area contributed by atoms with Crippen LogP contribution in [0.2, 0.25) is 0 Å². The first-order valence-corrected chi connectivity index (χ1v) is 14.4. The molecule has 5 rings (SSSR count). The maximum absolute atomic E-state index is 14.3. The number of carbonyl (C=O) groups is 3. The number of urea groups is 2. The van der Waals surface area contributed by atoms with Crippen LogP contribution >= 0.6 is 0 Å². The topological polar surface area (TPSA) is 120 Å². The monoisotopic (exact) mass is 598 g/mol. The van der Waals surface area contributed by atoms with E-state index in [0.717, 1.165) is 61.9 Å². The first-order chi connectivity index (χ1) is 20.7. The van der Waals surface area contributed by atoms with Gasteiger partial charge in [0.25, 0.3) is 0 Å². The number of methoxy groups -OCH3 is 2. The fourth-order valence-corrected chi connectivity index (χ4v) is 6.54. The third-order valence-electron chi connectivity index (χ3n) is 8.64. The van der Waals surface area contributed by atoms with Gasteiger partial charge in [0.2, 0.25) is 0 Å². The highest BCUT2D eigenvalue weighted by molar-refractivity contribution is 6.01. The molecule has 2 fully saturated rings. The van der Waals surface area contributed by atoms with E-state index >= 15 is 0 Å². The Labute approximate surface area is 248 Å². The molecule has 230 valence electrons. The van der Waals surface area contributed by atoms with Gasteiger partial charge in [0.1, 0.15) is 11.8 Å². The molecule has 4 amide bonds. The number of para-hydroxylation sites is 1. The number of halogens is 2. The molecule has 1 saturated heterocycles. The number of hydrogen-bond donors (Lipinski definition) is 3. The summed E-state index contributed by atoms with van der Waals surface area (Å²) < 4.78 is 38.2. The van der Waals surface area contributed by atoms with E-state index in [1.165, 1.54) is 13.2 Å². The van der Waals surface area contributed by atoms with E-state index in [-0.39, 0.29) is 29.5 Å². The van der Waals surface area contributed by atoms with Gasteiger partial charge in [-0.2, -0.15) is 0 Å². The van der Waals surface area contributed by atoms with Gasteiger partial charge in [-0.1, -0.05) is 24.3 Å². The number of hydrogen-bond acceptors (Lipinski definition) is 7. The van der Waals surface area contributed by atoms with Gasteiger partial charge < -0.3 is 25.2 Å². The Bertz CT molecular complexity index is 1410. The molecule has 1 saturated carbocycles. The van der Waals surface area contributed by atoms with E-state index in [2.05, 4.69) is 15.5 Å². The summed E-state index contributed by atoms with van der Waals surface area (Å²) in [4.78, 5) is 43.0. The van der Waals surface area contributed by atoms with Crippen LogP contribution in [0.5, 0.6) is 5.75 Å². The lowest BCUT2D eigenvalue weighted by Gasteiger charge is -2.37. The van der Waals surface area contributed by atoms with E-state index in [1.54, 1.807) is 6.07 Å². The second kappa shape index (κ2) is 13.1. The number of ether oxygens (including phenoxy) is 2. The molecule has 0 radical (unpaired) electrons. The van der Waals surface area contributed by atoms with Crippen molar-refractivity contribution in [1.29, 1.82) is 0 Å². The quantitative estimate of drug-likeness (QED) is 0.406. The molecule has 0 aromatic heterocycles. The third kappa shape index (κ3) is 6.35. The first-order valence-electron chi connectivity index (χ1n) is 14.4. The minimum Gasteiger partial charge on any atom is -0.508 e. The van der Waals surface area contributed by atoms with Crippen LogP contribution in [0.4, 0.5) is 18.4 Å². The number of phenols is 1. The zero-order chi connectivity index (χ0) is 30.7. The largest absolute Gasteiger partial charge is 0.508 e. The van der Waals surface area contributed by atoms with Gasteiger partial charge in [-0.25, -0.2) is 28.1 Å². The van der Waals surface area contributed by atoms with Crippen LogP contribution in [0.15, 0.2) is 53.7 Å². The predicted molar refractivity (Wildman–Crippen MR) is 152 cm³/mol. The minimum absolute atomic E-state index is 0.0205. The number of carbonyl (C=O) groups excluding carboxylic acids is 3. The number of rotatable bonds is 7. The number of nitrogens with one attached hydrogen (secondary N) is 2. The molecular weight excluding hydrogens is 562 g/mol. The maximum Gasteiger partial charge on any atom is 0.338 e. The minimum atomic E-state index is -1.39. The van der Waals surface area contributed by atoms with Crippen molar-refractivity contribution < 1.29 is 37.7 Å². The van der Waals surface area contributed by atoms with Gasteiger partial charge in [0.15, 0.2) is 11.6 Å².